The first-order valence-corrected chi connectivity index (χ1v) is 11.2. The van der Waals surface area contributed by atoms with Crippen LogP contribution in [-0.4, -0.2) is 42.7 Å². The number of ether oxygens (including phenoxy) is 3. The average molecular weight is 491 g/mol. The topological polar surface area (TPSA) is 97.4 Å². The first kappa shape index (κ1) is 23.2. The van der Waals surface area contributed by atoms with Crippen molar-refractivity contribution in [3.05, 3.63) is 78.1 Å². The predicted molar refractivity (Wildman–Crippen MR) is 127 cm³/mol. The number of benzene rings is 3. The van der Waals surface area contributed by atoms with E-state index >= 15 is 0 Å². The Labute approximate surface area is 206 Å². The maximum atomic E-state index is 13.5. The van der Waals surface area contributed by atoms with E-state index in [1.54, 1.807) is 42.5 Å². The van der Waals surface area contributed by atoms with Crippen molar-refractivity contribution in [2.24, 2.45) is 0 Å². The fourth-order valence-electron chi connectivity index (χ4n) is 4.16. The third-order valence-electron chi connectivity index (χ3n) is 5.93. The van der Waals surface area contributed by atoms with Gasteiger partial charge in [0.05, 0.1) is 19.2 Å². The average Bonchev–Trinajstić information content (AvgIpc) is 3.43. The van der Waals surface area contributed by atoms with Gasteiger partial charge in [0.1, 0.15) is 17.6 Å². The third kappa shape index (κ3) is 4.52. The van der Waals surface area contributed by atoms with Crippen LogP contribution in [0.5, 0.6) is 17.2 Å². The van der Waals surface area contributed by atoms with Crippen LogP contribution in [0.3, 0.4) is 0 Å². The number of hydrogen-bond acceptors (Lipinski definition) is 6. The van der Waals surface area contributed by atoms with Crippen molar-refractivity contribution in [2.45, 2.75) is 19.0 Å². The quantitative estimate of drug-likeness (QED) is 0.503. The Hall–Kier alpha value is -4.60. The minimum atomic E-state index is -1.06. The summed E-state index contributed by atoms with van der Waals surface area (Å²) in [6, 6.07) is 15.5. The number of imide groups is 1. The second-order valence-corrected chi connectivity index (χ2v) is 8.25. The maximum Gasteiger partial charge on any atom is 0.332 e. The molecule has 1 atom stereocenters. The van der Waals surface area contributed by atoms with E-state index in [1.807, 2.05) is 0 Å². The summed E-state index contributed by atoms with van der Waals surface area (Å²) in [5.74, 6) is 0.150. The number of carbonyl (C=O) groups is 3. The zero-order chi connectivity index (χ0) is 25.2. The summed E-state index contributed by atoms with van der Waals surface area (Å²) in [4.78, 5) is 42.2. The van der Waals surface area contributed by atoms with Gasteiger partial charge in [-0.05, 0) is 54.1 Å². The molecule has 5 rings (SSSR count). The molecule has 1 N–H and O–H groups in total. The lowest BCUT2D eigenvalue weighted by Gasteiger charge is -2.22. The normalized spacial score (nSPS) is 16.4. The van der Waals surface area contributed by atoms with Gasteiger partial charge in [-0.2, -0.15) is 0 Å². The molecule has 9 nitrogen and oxygen atoms in total. The highest BCUT2D eigenvalue weighted by Crippen LogP contribution is 2.35. The van der Waals surface area contributed by atoms with Crippen LogP contribution in [-0.2, 0) is 16.1 Å². The Kier molecular flexibility index (Phi) is 6.16. The second kappa shape index (κ2) is 9.57. The highest BCUT2D eigenvalue weighted by molar-refractivity contribution is 6.22. The standard InChI is InChI=1S/C26H22FN3O6/c1-34-20-4-2-3-19(12-20)30-25(32)21(13-24(31)28-18-8-6-17(27)7-9-18)29(26(30)33)14-16-5-10-22-23(11-16)36-15-35-22/h2-12,21H,13-15H2,1H3,(H,28,31). The van der Waals surface area contributed by atoms with Gasteiger partial charge >= 0.3 is 6.03 Å². The Bertz CT molecular complexity index is 1330. The van der Waals surface area contributed by atoms with E-state index in [9.17, 15) is 18.8 Å². The molecule has 1 saturated heterocycles. The van der Waals surface area contributed by atoms with Crippen molar-refractivity contribution in [3.8, 4) is 17.2 Å². The maximum absolute atomic E-state index is 13.5. The van der Waals surface area contributed by atoms with Crippen molar-refractivity contribution in [1.82, 2.24) is 4.90 Å². The summed E-state index contributed by atoms with van der Waals surface area (Å²) >= 11 is 0. The number of rotatable bonds is 7. The molecule has 10 heteroatoms. The summed E-state index contributed by atoms with van der Waals surface area (Å²) in [6.45, 7) is 0.173. The van der Waals surface area contributed by atoms with Crippen LogP contribution in [0.1, 0.15) is 12.0 Å². The van der Waals surface area contributed by atoms with Crippen LogP contribution in [0, 0.1) is 5.82 Å². The first-order valence-electron chi connectivity index (χ1n) is 11.2. The minimum absolute atomic E-state index is 0.0657. The fraction of sp³-hybridized carbons (Fsp3) is 0.192. The number of anilines is 2. The minimum Gasteiger partial charge on any atom is -0.497 e. The van der Waals surface area contributed by atoms with Crippen LogP contribution in [0.2, 0.25) is 0 Å². The Morgan fingerprint density at radius 1 is 1.06 bits per heavy atom. The van der Waals surface area contributed by atoms with Gasteiger partial charge in [0, 0.05) is 18.3 Å². The number of nitrogens with zero attached hydrogens (tertiary/aromatic N) is 2. The molecule has 0 bridgehead atoms. The van der Waals surface area contributed by atoms with Gasteiger partial charge in [0.25, 0.3) is 5.91 Å². The molecule has 36 heavy (non-hydrogen) atoms. The molecule has 1 unspecified atom stereocenters. The predicted octanol–water partition coefficient (Wildman–Crippen LogP) is 3.93. The zero-order valence-corrected chi connectivity index (χ0v) is 19.3. The van der Waals surface area contributed by atoms with Gasteiger partial charge in [-0.25, -0.2) is 14.1 Å². The lowest BCUT2D eigenvalue weighted by molar-refractivity contribution is -0.124. The summed E-state index contributed by atoms with van der Waals surface area (Å²) in [6.07, 6.45) is -0.285. The van der Waals surface area contributed by atoms with Gasteiger partial charge in [-0.15, -0.1) is 0 Å². The van der Waals surface area contributed by atoms with E-state index in [0.29, 0.717) is 34.2 Å². The van der Waals surface area contributed by atoms with Crippen molar-refractivity contribution in [1.29, 1.82) is 0 Å². The summed E-state index contributed by atoms with van der Waals surface area (Å²) in [5, 5.41) is 2.65. The molecular formula is C26H22FN3O6. The van der Waals surface area contributed by atoms with Crippen molar-refractivity contribution in [2.75, 3.05) is 24.1 Å². The zero-order valence-electron chi connectivity index (χ0n) is 19.3. The van der Waals surface area contributed by atoms with Gasteiger partial charge in [0.2, 0.25) is 12.7 Å². The molecule has 2 heterocycles. The highest BCUT2D eigenvalue weighted by Gasteiger charge is 2.46. The SMILES string of the molecule is COc1cccc(N2C(=O)C(CC(=O)Nc3ccc(F)cc3)N(Cc3ccc4c(c3)OCO4)C2=O)c1. The monoisotopic (exact) mass is 491 g/mol. The van der Waals surface area contributed by atoms with E-state index in [2.05, 4.69) is 5.32 Å². The smallest absolute Gasteiger partial charge is 0.332 e. The highest BCUT2D eigenvalue weighted by atomic mass is 19.1. The largest absolute Gasteiger partial charge is 0.497 e. The van der Waals surface area contributed by atoms with Crippen LogP contribution in [0.15, 0.2) is 66.7 Å². The van der Waals surface area contributed by atoms with Crippen LogP contribution in [0.25, 0.3) is 0 Å². The van der Waals surface area contributed by atoms with Gasteiger partial charge in [0.15, 0.2) is 11.5 Å². The molecule has 2 aliphatic heterocycles. The number of amides is 4. The van der Waals surface area contributed by atoms with Gasteiger partial charge < -0.3 is 24.4 Å². The molecule has 3 aromatic carbocycles. The van der Waals surface area contributed by atoms with Gasteiger partial charge in [-0.1, -0.05) is 12.1 Å². The third-order valence-corrected chi connectivity index (χ3v) is 5.93. The summed E-state index contributed by atoms with van der Waals surface area (Å²) < 4.78 is 29.2. The first-order chi connectivity index (χ1) is 17.4. The Morgan fingerprint density at radius 2 is 1.83 bits per heavy atom. The van der Waals surface area contributed by atoms with Crippen LogP contribution < -0.4 is 24.4 Å². The number of fused-ring (bicyclic) bond motifs is 1. The van der Waals surface area contributed by atoms with E-state index in [0.717, 1.165) is 4.90 Å². The number of nitrogens with one attached hydrogen (secondary N) is 1. The van der Waals surface area contributed by atoms with Gasteiger partial charge in [-0.3, -0.25) is 9.59 Å². The van der Waals surface area contributed by atoms with E-state index in [1.165, 1.54) is 36.3 Å². The van der Waals surface area contributed by atoms with Crippen molar-refractivity contribution >= 4 is 29.2 Å². The number of halogens is 1. The Balaban J connectivity index is 1.42. The molecule has 184 valence electrons. The molecule has 2 aliphatic rings. The summed E-state index contributed by atoms with van der Waals surface area (Å²) in [5.41, 5.74) is 1.42. The molecule has 3 aromatic rings. The van der Waals surface area contributed by atoms with E-state index in [-0.39, 0.29) is 19.8 Å². The molecule has 0 aromatic heterocycles. The lowest BCUT2D eigenvalue weighted by Crippen LogP contribution is -2.37. The summed E-state index contributed by atoms with van der Waals surface area (Å²) in [7, 11) is 1.49. The molecular weight excluding hydrogens is 469 g/mol. The second-order valence-electron chi connectivity index (χ2n) is 8.25. The Morgan fingerprint density at radius 3 is 2.61 bits per heavy atom. The van der Waals surface area contributed by atoms with Crippen molar-refractivity contribution in [3.63, 3.8) is 0 Å². The number of carbonyl (C=O) groups excluding carboxylic acids is 3. The molecule has 0 aliphatic carbocycles. The van der Waals surface area contributed by atoms with E-state index < -0.39 is 29.7 Å². The lowest BCUT2D eigenvalue weighted by atomic mass is 10.1. The molecule has 0 saturated carbocycles. The number of methoxy groups -OCH3 is 1. The number of urea groups is 1. The van der Waals surface area contributed by atoms with E-state index in [4.69, 9.17) is 14.2 Å². The molecule has 0 spiro atoms. The van der Waals surface area contributed by atoms with Crippen molar-refractivity contribution < 1.29 is 33.0 Å². The molecule has 0 radical (unpaired) electrons. The number of hydrogen-bond donors (Lipinski definition) is 1. The molecule has 4 amide bonds. The van der Waals surface area contributed by atoms with Crippen LogP contribution >= 0.6 is 0 Å². The van der Waals surface area contributed by atoms with Crippen LogP contribution in [0.4, 0.5) is 20.6 Å². The fourth-order valence-corrected chi connectivity index (χ4v) is 4.16. The molecule has 1 fully saturated rings.